The first kappa shape index (κ1) is 6.14. The van der Waals surface area contributed by atoms with Crippen LogP contribution in [-0.2, 0) is 4.79 Å². The number of rotatable bonds is 1. The molecule has 0 saturated heterocycles. The average Bonchev–Trinajstić information content (AvgIpc) is 1.86. The Morgan fingerprint density at radius 1 is 1.80 bits per heavy atom. The number of hydrogen-bond acceptors (Lipinski definition) is 1. The molecule has 0 aromatic rings. The molecule has 0 unspecified atom stereocenters. The lowest BCUT2D eigenvalue weighted by atomic mass is 9.76. The van der Waals surface area contributed by atoms with Gasteiger partial charge >= 0.3 is 0 Å². The first-order valence-electron chi connectivity index (χ1n) is 4.23. The van der Waals surface area contributed by atoms with E-state index in [1.165, 1.54) is 0 Å². The second kappa shape index (κ2) is 2.57. The lowest BCUT2D eigenvalue weighted by Gasteiger charge is -2.28. The molecule has 0 aromatic heterocycles. The Morgan fingerprint density at radius 3 is 2.90 bits per heavy atom. The van der Waals surface area contributed by atoms with Crippen LogP contribution in [0, 0.1) is 5.41 Å². The van der Waals surface area contributed by atoms with E-state index in [9.17, 15) is 4.79 Å². The molecule has 1 nitrogen and oxygen atoms in total. The predicted octanol–water partition coefficient (Wildman–Crippen LogP) is 2.32. The third kappa shape index (κ3) is 1.28. The average molecular weight is 139 g/mol. The van der Waals surface area contributed by atoms with Crippen molar-refractivity contribution in [3.05, 3.63) is 11.6 Å². The van der Waals surface area contributed by atoms with Crippen LogP contribution in [0.5, 0.6) is 0 Å². The van der Waals surface area contributed by atoms with Crippen molar-refractivity contribution in [1.82, 2.24) is 0 Å². The van der Waals surface area contributed by atoms with Crippen LogP contribution in [0.25, 0.3) is 0 Å². The van der Waals surface area contributed by atoms with Crippen molar-refractivity contribution >= 4 is 6.29 Å². The smallest absolute Gasteiger partial charge is 0.146 e. The van der Waals surface area contributed by atoms with Crippen molar-refractivity contribution < 1.29 is 6.17 Å². The van der Waals surface area contributed by atoms with Gasteiger partial charge in [0.25, 0.3) is 0 Å². The first-order chi connectivity index (χ1) is 5.08. The van der Waals surface area contributed by atoms with Gasteiger partial charge in [-0.1, -0.05) is 19.9 Å². The van der Waals surface area contributed by atoms with Crippen LogP contribution < -0.4 is 0 Å². The van der Waals surface area contributed by atoms with Crippen LogP contribution in [0.1, 0.15) is 34.5 Å². The molecule has 0 aliphatic heterocycles. The van der Waals surface area contributed by atoms with Gasteiger partial charge in [-0.15, -0.1) is 0 Å². The maximum Gasteiger partial charge on any atom is 0.146 e. The first-order valence-corrected chi connectivity index (χ1v) is 3.73. The number of hydrogen-bond donors (Lipinski definition) is 0. The van der Waals surface area contributed by atoms with Crippen molar-refractivity contribution in [2.75, 3.05) is 0 Å². The molecule has 1 aliphatic rings. The summed E-state index contributed by atoms with van der Waals surface area (Å²) >= 11 is 0. The van der Waals surface area contributed by atoms with Crippen LogP contribution in [0.3, 0.4) is 0 Å². The Balaban J connectivity index is 3.01. The van der Waals surface area contributed by atoms with E-state index in [1.54, 1.807) is 0 Å². The van der Waals surface area contributed by atoms with E-state index in [0.717, 1.165) is 25.5 Å². The highest BCUT2D eigenvalue weighted by Crippen LogP contribution is 2.34. The van der Waals surface area contributed by atoms with Crippen LogP contribution in [0.2, 0.25) is 0 Å². The Hall–Kier alpha value is -0.590. The summed E-state index contributed by atoms with van der Waals surface area (Å²) in [7, 11) is 0. The molecule has 0 atom stereocenters. The van der Waals surface area contributed by atoms with E-state index >= 15 is 0 Å². The molecular weight excluding hydrogens is 124 g/mol. The minimum atomic E-state index is -0.0584. The summed E-state index contributed by atoms with van der Waals surface area (Å²) in [6.07, 6.45) is 3.70. The summed E-state index contributed by atoms with van der Waals surface area (Å²) in [4.78, 5) is 10.6. The van der Waals surface area contributed by atoms with Crippen molar-refractivity contribution in [3.63, 3.8) is 0 Å². The number of allylic oxidation sites excluding steroid dienone is 2. The molecule has 0 spiro atoms. The molecule has 1 heteroatoms. The van der Waals surface area contributed by atoms with Crippen LogP contribution in [-0.4, -0.2) is 6.29 Å². The summed E-state index contributed by atoms with van der Waals surface area (Å²) in [6, 6.07) is 0.538. The molecule has 0 N–H and O–H groups in total. The molecular formula is C9H14O. The van der Waals surface area contributed by atoms with Crippen molar-refractivity contribution in [1.29, 1.82) is 0 Å². The molecule has 0 heterocycles. The summed E-state index contributed by atoms with van der Waals surface area (Å²) in [5.74, 6) is 0. The third-order valence-corrected chi connectivity index (χ3v) is 2.14. The quantitative estimate of drug-likeness (QED) is 0.509. The van der Waals surface area contributed by atoms with Crippen LogP contribution in [0.4, 0.5) is 0 Å². The number of carbonyl (C=O) groups excluding carboxylic acids is 1. The lowest BCUT2D eigenvalue weighted by molar-refractivity contribution is -0.105. The molecule has 0 radical (unpaired) electrons. The fraction of sp³-hybridized carbons (Fsp3) is 0.667. The van der Waals surface area contributed by atoms with E-state index in [-0.39, 0.29) is 5.41 Å². The molecule has 1 rings (SSSR count). The maximum absolute atomic E-state index is 10.6. The zero-order chi connectivity index (χ0) is 8.48. The van der Waals surface area contributed by atoms with E-state index < -0.39 is 0 Å². The molecule has 10 heavy (non-hydrogen) atoms. The van der Waals surface area contributed by atoms with Gasteiger partial charge in [0.05, 0.1) is 1.37 Å². The predicted molar refractivity (Wildman–Crippen MR) is 41.8 cm³/mol. The van der Waals surface area contributed by atoms with Gasteiger partial charge in [0.2, 0.25) is 0 Å². The Labute approximate surface area is 63.5 Å². The van der Waals surface area contributed by atoms with Crippen molar-refractivity contribution in [3.8, 4) is 0 Å². The lowest BCUT2D eigenvalue weighted by Crippen LogP contribution is -2.18. The topological polar surface area (TPSA) is 17.1 Å². The minimum absolute atomic E-state index is 0.0584. The van der Waals surface area contributed by atoms with E-state index in [1.807, 2.05) is 13.8 Å². The summed E-state index contributed by atoms with van der Waals surface area (Å²) in [5, 5.41) is 0. The third-order valence-electron chi connectivity index (χ3n) is 2.14. The van der Waals surface area contributed by atoms with Gasteiger partial charge in [-0.25, -0.2) is 0 Å². The normalized spacial score (nSPS) is 26.0. The van der Waals surface area contributed by atoms with Gasteiger partial charge in [-0.2, -0.15) is 0 Å². The monoisotopic (exact) mass is 139 g/mol. The zero-order valence-corrected chi connectivity index (χ0v) is 6.61. The van der Waals surface area contributed by atoms with Crippen molar-refractivity contribution in [2.45, 2.75) is 33.1 Å². The highest BCUT2D eigenvalue weighted by molar-refractivity contribution is 5.75. The fourth-order valence-corrected chi connectivity index (χ4v) is 1.33. The zero-order valence-electron chi connectivity index (χ0n) is 7.61. The standard InChI is InChI=1S/C9H14O/c1-9(2)6-4-3-5-8(9)7-10/h5,7H,3-4,6H2,1-2H3/i5D. The van der Waals surface area contributed by atoms with Crippen LogP contribution in [0.15, 0.2) is 11.6 Å². The highest BCUT2D eigenvalue weighted by atomic mass is 16.1. The molecule has 0 aromatic carbocycles. The Kier molecular flexibility index (Phi) is 1.58. The largest absolute Gasteiger partial charge is 0.298 e. The molecule has 0 bridgehead atoms. The highest BCUT2D eigenvalue weighted by Gasteiger charge is 2.24. The van der Waals surface area contributed by atoms with Crippen molar-refractivity contribution in [2.24, 2.45) is 5.41 Å². The molecule has 0 amide bonds. The van der Waals surface area contributed by atoms with Gasteiger partial charge in [-0.3, -0.25) is 4.79 Å². The Bertz CT molecular complexity index is 204. The van der Waals surface area contributed by atoms with E-state index in [2.05, 4.69) is 0 Å². The Morgan fingerprint density at radius 2 is 2.50 bits per heavy atom. The summed E-state index contributed by atoms with van der Waals surface area (Å²) < 4.78 is 7.53. The van der Waals surface area contributed by atoms with Gasteiger partial charge in [0.15, 0.2) is 0 Å². The second-order valence-corrected chi connectivity index (χ2v) is 3.45. The van der Waals surface area contributed by atoms with Gasteiger partial charge in [0, 0.05) is 0 Å². The van der Waals surface area contributed by atoms with Gasteiger partial charge < -0.3 is 0 Å². The van der Waals surface area contributed by atoms with Crippen LogP contribution >= 0.6 is 0 Å². The SMILES string of the molecule is [2H]C1=C(C=O)C(C)(C)CCC1. The van der Waals surface area contributed by atoms with E-state index in [0.29, 0.717) is 11.6 Å². The summed E-state index contributed by atoms with van der Waals surface area (Å²) in [6.45, 7) is 4.06. The van der Waals surface area contributed by atoms with E-state index in [4.69, 9.17) is 1.37 Å². The second-order valence-electron chi connectivity index (χ2n) is 3.45. The molecule has 0 saturated carbocycles. The maximum atomic E-state index is 10.6. The number of aldehydes is 1. The number of carbonyl (C=O) groups is 1. The fourth-order valence-electron chi connectivity index (χ4n) is 1.33. The molecule has 1 aliphatic carbocycles. The molecule has 56 valence electrons. The van der Waals surface area contributed by atoms with Gasteiger partial charge in [0.1, 0.15) is 6.29 Å². The van der Waals surface area contributed by atoms with Gasteiger partial charge in [-0.05, 0) is 30.3 Å². The molecule has 0 fully saturated rings. The summed E-state index contributed by atoms with van der Waals surface area (Å²) in [5.41, 5.74) is 0.639. The minimum Gasteiger partial charge on any atom is -0.298 e.